The molecule has 1 heterocycles. The van der Waals surface area contributed by atoms with Gasteiger partial charge in [-0.1, -0.05) is 18.2 Å². The molecule has 0 aliphatic carbocycles. The van der Waals surface area contributed by atoms with Crippen LogP contribution in [0.15, 0.2) is 46.8 Å². The Bertz CT molecular complexity index is 1090. The summed E-state index contributed by atoms with van der Waals surface area (Å²) >= 11 is 0. The average molecular weight is 432 g/mol. The highest BCUT2D eigenvalue weighted by molar-refractivity contribution is 5.67. The van der Waals surface area contributed by atoms with E-state index in [1.807, 2.05) is 6.07 Å². The SMILES string of the molecule is CC1(C)OC(=C(C#N)C#N)C(C#N)=C1C=Cc1ccc(N)c(OCCCCCC(=O)O)c1. The fourth-order valence-electron chi connectivity index (χ4n) is 3.18. The van der Waals surface area contributed by atoms with Crippen LogP contribution >= 0.6 is 0 Å². The summed E-state index contributed by atoms with van der Waals surface area (Å²) in [6.45, 7) is 3.93. The Morgan fingerprint density at radius 2 is 1.91 bits per heavy atom. The number of unbranched alkanes of at least 4 members (excludes halogenated alkanes) is 2. The van der Waals surface area contributed by atoms with Gasteiger partial charge in [0.1, 0.15) is 35.1 Å². The molecule has 0 saturated carbocycles. The number of hydrogen-bond donors (Lipinski definition) is 2. The molecule has 2 rings (SSSR count). The van der Waals surface area contributed by atoms with Gasteiger partial charge < -0.3 is 20.3 Å². The molecule has 0 unspecified atom stereocenters. The van der Waals surface area contributed by atoms with Crippen molar-refractivity contribution in [1.82, 2.24) is 0 Å². The smallest absolute Gasteiger partial charge is 0.303 e. The zero-order valence-electron chi connectivity index (χ0n) is 18.0. The number of hydrogen-bond acceptors (Lipinski definition) is 7. The number of carboxylic acid groups (broad SMARTS) is 1. The molecule has 32 heavy (non-hydrogen) atoms. The highest BCUT2D eigenvalue weighted by Crippen LogP contribution is 2.40. The van der Waals surface area contributed by atoms with E-state index in [2.05, 4.69) is 0 Å². The third kappa shape index (κ3) is 5.90. The molecule has 0 amide bonds. The Labute approximate surface area is 187 Å². The van der Waals surface area contributed by atoms with Crippen LogP contribution in [0.25, 0.3) is 6.08 Å². The summed E-state index contributed by atoms with van der Waals surface area (Å²) < 4.78 is 11.5. The number of carboxylic acids is 1. The van der Waals surface area contributed by atoms with E-state index in [1.165, 1.54) is 0 Å². The lowest BCUT2D eigenvalue weighted by Crippen LogP contribution is -2.20. The second-order valence-corrected chi connectivity index (χ2v) is 7.62. The van der Waals surface area contributed by atoms with Gasteiger partial charge in [-0.05, 0) is 50.8 Å². The maximum Gasteiger partial charge on any atom is 0.303 e. The van der Waals surface area contributed by atoms with Crippen molar-refractivity contribution in [3.05, 3.63) is 52.3 Å². The van der Waals surface area contributed by atoms with Crippen molar-refractivity contribution >= 4 is 17.7 Å². The van der Waals surface area contributed by atoms with Gasteiger partial charge in [0.15, 0.2) is 11.3 Å². The van der Waals surface area contributed by atoms with E-state index in [0.717, 1.165) is 12.0 Å². The minimum Gasteiger partial charge on any atom is -0.491 e. The summed E-state index contributed by atoms with van der Waals surface area (Å²) in [5.74, 6) is -0.302. The van der Waals surface area contributed by atoms with E-state index in [-0.39, 0.29) is 23.3 Å². The van der Waals surface area contributed by atoms with Gasteiger partial charge in [-0.3, -0.25) is 4.79 Å². The number of carbonyl (C=O) groups is 1. The van der Waals surface area contributed by atoms with Crippen molar-refractivity contribution in [3.63, 3.8) is 0 Å². The Kier molecular flexibility index (Phi) is 8.04. The molecule has 0 fully saturated rings. The molecule has 1 aliphatic rings. The second-order valence-electron chi connectivity index (χ2n) is 7.62. The number of nitriles is 3. The fraction of sp³-hybridized carbons (Fsp3) is 0.333. The summed E-state index contributed by atoms with van der Waals surface area (Å²) in [6, 6.07) is 10.9. The Hall–Kier alpha value is -4.22. The first-order valence-corrected chi connectivity index (χ1v) is 10.0. The van der Waals surface area contributed by atoms with Crippen molar-refractivity contribution in [2.24, 2.45) is 0 Å². The van der Waals surface area contributed by atoms with Crippen LogP contribution in [-0.4, -0.2) is 23.3 Å². The number of ether oxygens (including phenoxy) is 2. The maximum atomic E-state index is 10.5. The van der Waals surface area contributed by atoms with Crippen molar-refractivity contribution in [2.75, 3.05) is 12.3 Å². The van der Waals surface area contributed by atoms with E-state index < -0.39 is 11.6 Å². The molecule has 0 atom stereocenters. The van der Waals surface area contributed by atoms with Gasteiger partial charge in [0.2, 0.25) is 0 Å². The zero-order valence-corrected chi connectivity index (χ0v) is 18.0. The lowest BCUT2D eigenvalue weighted by molar-refractivity contribution is -0.137. The zero-order chi connectivity index (χ0) is 23.7. The second kappa shape index (κ2) is 10.7. The third-order valence-corrected chi connectivity index (χ3v) is 4.84. The molecule has 0 saturated heterocycles. The highest BCUT2D eigenvalue weighted by atomic mass is 16.5. The van der Waals surface area contributed by atoms with Crippen LogP contribution in [-0.2, 0) is 9.53 Å². The Morgan fingerprint density at radius 3 is 2.53 bits per heavy atom. The number of nitrogens with zero attached hydrogens (tertiary/aromatic N) is 3. The molecule has 1 aliphatic heterocycles. The summed E-state index contributed by atoms with van der Waals surface area (Å²) in [7, 11) is 0. The van der Waals surface area contributed by atoms with E-state index >= 15 is 0 Å². The standard InChI is InChI=1S/C24H24N4O4/c1-24(2)19(18(15-27)23(32-24)17(13-25)14-26)9-7-16-8-10-20(28)21(12-16)31-11-5-3-4-6-22(29)30/h7-10,12H,3-6,11,28H2,1-2H3,(H,29,30). The van der Waals surface area contributed by atoms with E-state index in [1.54, 1.807) is 56.3 Å². The van der Waals surface area contributed by atoms with E-state index in [4.69, 9.17) is 30.8 Å². The first-order valence-electron chi connectivity index (χ1n) is 10.0. The monoisotopic (exact) mass is 432 g/mol. The van der Waals surface area contributed by atoms with Gasteiger partial charge in [-0.25, -0.2) is 0 Å². The predicted molar refractivity (Wildman–Crippen MR) is 118 cm³/mol. The summed E-state index contributed by atoms with van der Waals surface area (Å²) in [5, 5.41) is 36.6. The number of allylic oxidation sites excluding steroid dienone is 2. The first kappa shape index (κ1) is 24.1. The van der Waals surface area contributed by atoms with Crippen molar-refractivity contribution in [1.29, 1.82) is 15.8 Å². The minimum absolute atomic E-state index is 0.00798. The van der Waals surface area contributed by atoms with Crippen LogP contribution in [0.3, 0.4) is 0 Å². The lowest BCUT2D eigenvalue weighted by Gasteiger charge is -2.20. The van der Waals surface area contributed by atoms with Gasteiger partial charge in [-0.2, -0.15) is 15.8 Å². The molecule has 3 N–H and O–H groups in total. The van der Waals surface area contributed by atoms with Gasteiger partial charge >= 0.3 is 5.97 Å². The van der Waals surface area contributed by atoms with Crippen LogP contribution in [0.2, 0.25) is 0 Å². The van der Waals surface area contributed by atoms with Crippen LogP contribution in [0.1, 0.15) is 45.1 Å². The minimum atomic E-state index is -0.890. The number of aliphatic carboxylic acids is 1. The molecular formula is C24H24N4O4. The molecule has 8 heteroatoms. The number of nitrogen functional groups attached to an aromatic ring is 1. The first-order chi connectivity index (χ1) is 15.2. The Balaban J connectivity index is 2.20. The number of benzene rings is 1. The van der Waals surface area contributed by atoms with Gasteiger partial charge in [-0.15, -0.1) is 0 Å². The third-order valence-electron chi connectivity index (χ3n) is 4.84. The number of anilines is 1. The largest absolute Gasteiger partial charge is 0.491 e. The van der Waals surface area contributed by atoms with Gasteiger partial charge in [0.25, 0.3) is 0 Å². The summed E-state index contributed by atoms with van der Waals surface area (Å²) in [4.78, 5) is 10.5. The molecule has 8 nitrogen and oxygen atoms in total. The topological polar surface area (TPSA) is 153 Å². The van der Waals surface area contributed by atoms with Crippen molar-refractivity contribution < 1.29 is 19.4 Å². The molecule has 0 aromatic heterocycles. The number of nitrogens with two attached hydrogens (primary N) is 1. The maximum absolute atomic E-state index is 10.5. The predicted octanol–water partition coefficient (Wildman–Crippen LogP) is 4.24. The lowest BCUT2D eigenvalue weighted by atomic mass is 9.94. The van der Waals surface area contributed by atoms with Crippen LogP contribution in [0, 0.1) is 34.0 Å². The Morgan fingerprint density at radius 1 is 1.19 bits per heavy atom. The molecular weight excluding hydrogens is 408 g/mol. The van der Waals surface area contributed by atoms with E-state index in [9.17, 15) is 10.1 Å². The highest BCUT2D eigenvalue weighted by Gasteiger charge is 2.38. The van der Waals surface area contributed by atoms with Crippen LogP contribution < -0.4 is 10.5 Å². The molecule has 0 radical (unpaired) electrons. The number of rotatable bonds is 9. The normalized spacial score (nSPS) is 14.4. The summed E-state index contributed by atoms with van der Waals surface area (Å²) in [6.07, 6.45) is 5.70. The molecule has 1 aromatic rings. The van der Waals surface area contributed by atoms with E-state index in [0.29, 0.717) is 36.5 Å². The molecule has 1 aromatic carbocycles. The van der Waals surface area contributed by atoms with Crippen molar-refractivity contribution in [2.45, 2.75) is 45.1 Å². The quantitative estimate of drug-likeness (QED) is 0.334. The molecule has 0 bridgehead atoms. The molecule has 164 valence electrons. The summed E-state index contributed by atoms with van der Waals surface area (Å²) in [5.41, 5.74) is 6.81. The van der Waals surface area contributed by atoms with Gasteiger partial charge in [0.05, 0.1) is 12.3 Å². The van der Waals surface area contributed by atoms with Crippen LogP contribution in [0.4, 0.5) is 5.69 Å². The molecule has 0 spiro atoms. The fourth-order valence-corrected chi connectivity index (χ4v) is 3.18. The average Bonchev–Trinajstić information content (AvgIpc) is 3.00. The van der Waals surface area contributed by atoms with Crippen molar-refractivity contribution in [3.8, 4) is 24.0 Å². The van der Waals surface area contributed by atoms with Crippen LogP contribution in [0.5, 0.6) is 5.75 Å². The van der Waals surface area contributed by atoms with Gasteiger partial charge in [0, 0.05) is 12.0 Å².